The maximum Gasteiger partial charge on any atom is 0.189 e. The van der Waals surface area contributed by atoms with Crippen LogP contribution in [0.5, 0.6) is 0 Å². The van der Waals surface area contributed by atoms with E-state index in [2.05, 4.69) is 202 Å². The Morgan fingerprint density at radius 1 is 0.435 bits per heavy atom. The first-order chi connectivity index (χ1) is 30.6. The Kier molecular flexibility index (Phi) is 7.92. The van der Waals surface area contributed by atoms with E-state index in [0.29, 0.717) is 11.3 Å². The Bertz CT molecular complexity index is 3750. The molecule has 0 spiro atoms. The van der Waals surface area contributed by atoms with E-state index in [0.717, 1.165) is 97.7 Å². The monoisotopic (exact) mass is 806 g/mol. The van der Waals surface area contributed by atoms with Crippen molar-refractivity contribution in [3.63, 3.8) is 0 Å². The number of rotatable bonds is 6. The Morgan fingerprint density at radius 2 is 0.952 bits per heavy atom. The van der Waals surface area contributed by atoms with Crippen LogP contribution in [0.15, 0.2) is 211 Å². The van der Waals surface area contributed by atoms with E-state index in [9.17, 15) is 5.26 Å². The molecule has 0 aliphatic heterocycles. The number of furan rings is 1. The van der Waals surface area contributed by atoms with E-state index in [1.807, 2.05) is 24.3 Å². The first kappa shape index (κ1) is 35.5. The highest BCUT2D eigenvalue weighted by atomic mass is 28.3. The summed E-state index contributed by atoms with van der Waals surface area (Å²) in [7, 11) is -3.36. The predicted octanol–water partition coefficient (Wildman–Crippen LogP) is 11.6. The number of fused-ring (bicyclic) bond motifs is 10. The van der Waals surface area contributed by atoms with Gasteiger partial charge in [0.1, 0.15) is 11.2 Å². The molecule has 0 unspecified atom stereocenters. The molecule has 0 bridgehead atoms. The van der Waals surface area contributed by atoms with Gasteiger partial charge < -0.3 is 13.6 Å². The fourth-order valence-corrected chi connectivity index (χ4v) is 15.0. The quantitative estimate of drug-likeness (QED) is 0.0955. The van der Waals surface area contributed by atoms with E-state index in [1.54, 1.807) is 0 Å². The number of nitrogens with zero attached hydrogens (tertiary/aromatic N) is 4. The van der Waals surface area contributed by atoms with Gasteiger partial charge in [-0.15, -0.1) is 0 Å². The van der Waals surface area contributed by atoms with Crippen LogP contribution < -0.4 is 20.7 Å². The van der Waals surface area contributed by atoms with Gasteiger partial charge in [-0.25, -0.2) is 4.85 Å². The minimum absolute atomic E-state index is 0.543. The molecule has 0 aliphatic rings. The Balaban J connectivity index is 1.21. The molecule has 0 fully saturated rings. The molecule has 3 aromatic heterocycles. The van der Waals surface area contributed by atoms with Gasteiger partial charge in [0.25, 0.3) is 0 Å². The van der Waals surface area contributed by atoms with E-state index >= 15 is 0 Å². The summed E-state index contributed by atoms with van der Waals surface area (Å²) in [5, 5.41) is 22.0. The number of aromatic nitrogens is 2. The number of nitriles is 1. The molecule has 0 saturated heterocycles. The van der Waals surface area contributed by atoms with Crippen molar-refractivity contribution in [3.05, 3.63) is 223 Å². The van der Waals surface area contributed by atoms with Crippen molar-refractivity contribution in [1.29, 1.82) is 5.26 Å². The lowest BCUT2D eigenvalue weighted by Gasteiger charge is -2.35. The van der Waals surface area contributed by atoms with Gasteiger partial charge in [-0.3, -0.25) is 0 Å². The summed E-state index contributed by atoms with van der Waals surface area (Å²) in [6.45, 7) is 8.60. The van der Waals surface area contributed by atoms with Crippen molar-refractivity contribution in [3.8, 4) is 17.4 Å². The molecule has 0 radical (unpaired) electrons. The van der Waals surface area contributed by atoms with Crippen molar-refractivity contribution in [2.24, 2.45) is 0 Å². The van der Waals surface area contributed by atoms with Crippen LogP contribution in [0.2, 0.25) is 0 Å². The van der Waals surface area contributed by atoms with E-state index in [1.165, 1.54) is 0 Å². The first-order valence-electron chi connectivity index (χ1n) is 20.7. The summed E-state index contributed by atoms with van der Waals surface area (Å²) in [4.78, 5) is 4.19. The van der Waals surface area contributed by atoms with Crippen LogP contribution in [0.4, 0.5) is 5.69 Å². The summed E-state index contributed by atoms with van der Waals surface area (Å²) < 4.78 is 11.0. The number of para-hydroxylation sites is 4. The van der Waals surface area contributed by atoms with Gasteiger partial charge in [-0.05, 0) is 82.3 Å². The summed E-state index contributed by atoms with van der Waals surface area (Å²) in [5.74, 6) is 0. The molecule has 3 heterocycles. The standard InChI is InChI=1S/C56H34N4OSi/c1-58-38-32-40(60-51-26-14-10-22-47(51)55-52(60)28-29-54-56(55)48-23-11-15-27-53(48)61-54)35-44(33-38)62(41-16-4-2-5-17-41,42-18-6-3-7-19-42)43-31-37(36-57)30-39(34-43)59-49-24-12-8-20-45(49)46-21-9-13-25-50(46)59/h2-35H. The molecule has 0 aliphatic carbocycles. The SMILES string of the molecule is [C-]#[N+]c1cc(-n2c3ccccc3c3c4c(ccc32)oc2ccccc24)cc([Si](c2ccccc2)(c2ccccc2)c2cc(C#N)cc(-n3c4ccccc4c4ccccc43)c2)c1. The smallest absolute Gasteiger partial charge is 0.189 e. The highest BCUT2D eigenvalue weighted by molar-refractivity contribution is 7.20. The second-order valence-electron chi connectivity index (χ2n) is 15.9. The maximum absolute atomic E-state index is 10.9. The van der Waals surface area contributed by atoms with Crippen molar-refractivity contribution < 1.29 is 4.42 Å². The minimum atomic E-state index is -3.36. The second-order valence-corrected chi connectivity index (χ2v) is 19.7. The minimum Gasteiger partial charge on any atom is -0.456 e. The van der Waals surface area contributed by atoms with Crippen LogP contribution in [0.25, 0.3) is 81.8 Å². The van der Waals surface area contributed by atoms with Gasteiger partial charge in [-0.2, -0.15) is 5.26 Å². The Labute approximate surface area is 358 Å². The highest BCUT2D eigenvalue weighted by Crippen LogP contribution is 2.41. The normalized spacial score (nSPS) is 11.8. The zero-order valence-electron chi connectivity index (χ0n) is 33.3. The zero-order chi connectivity index (χ0) is 41.4. The number of hydrogen-bond donors (Lipinski definition) is 0. The number of hydrogen-bond acceptors (Lipinski definition) is 2. The molecule has 0 amide bonds. The van der Waals surface area contributed by atoms with Gasteiger partial charge in [-0.1, -0.05) is 145 Å². The molecule has 6 heteroatoms. The second kappa shape index (κ2) is 13.8. The Morgan fingerprint density at radius 3 is 1.58 bits per heavy atom. The van der Waals surface area contributed by atoms with Crippen LogP contribution >= 0.6 is 0 Å². The first-order valence-corrected chi connectivity index (χ1v) is 22.7. The summed E-state index contributed by atoms with van der Waals surface area (Å²) in [5.41, 5.74) is 8.85. The molecule has 288 valence electrons. The third kappa shape index (κ3) is 5.12. The fourth-order valence-electron chi connectivity index (χ4n) is 10.2. The molecular weight excluding hydrogens is 773 g/mol. The van der Waals surface area contributed by atoms with E-state index in [-0.39, 0.29) is 0 Å². The third-order valence-electron chi connectivity index (χ3n) is 12.6. The zero-order valence-corrected chi connectivity index (χ0v) is 34.3. The number of benzene rings is 9. The third-order valence-corrected chi connectivity index (χ3v) is 17.3. The average Bonchev–Trinajstić information content (AvgIpc) is 4.00. The van der Waals surface area contributed by atoms with Crippen LogP contribution in [0.1, 0.15) is 5.56 Å². The topological polar surface area (TPSA) is 51.1 Å². The molecule has 0 atom stereocenters. The molecule has 0 N–H and O–H groups in total. The lowest BCUT2D eigenvalue weighted by Crippen LogP contribution is -2.74. The van der Waals surface area contributed by atoms with Crippen LogP contribution in [0.3, 0.4) is 0 Å². The molecule has 5 nitrogen and oxygen atoms in total. The van der Waals surface area contributed by atoms with E-state index < -0.39 is 8.07 Å². The van der Waals surface area contributed by atoms with Crippen molar-refractivity contribution in [2.45, 2.75) is 0 Å². The van der Waals surface area contributed by atoms with Gasteiger partial charge in [0.15, 0.2) is 13.8 Å². The van der Waals surface area contributed by atoms with Gasteiger partial charge in [0.2, 0.25) is 0 Å². The molecular formula is C56H34N4OSi. The van der Waals surface area contributed by atoms with Gasteiger partial charge in [0, 0.05) is 43.7 Å². The average molecular weight is 807 g/mol. The van der Waals surface area contributed by atoms with Crippen molar-refractivity contribution in [2.75, 3.05) is 0 Å². The predicted molar refractivity (Wildman–Crippen MR) is 257 cm³/mol. The summed E-state index contributed by atoms with van der Waals surface area (Å²) in [6, 6.07) is 74.8. The van der Waals surface area contributed by atoms with E-state index in [4.69, 9.17) is 11.0 Å². The highest BCUT2D eigenvalue weighted by Gasteiger charge is 2.42. The van der Waals surface area contributed by atoms with Crippen molar-refractivity contribution in [1.82, 2.24) is 9.13 Å². The lowest BCUT2D eigenvalue weighted by atomic mass is 10.1. The molecule has 62 heavy (non-hydrogen) atoms. The molecule has 0 saturated carbocycles. The van der Waals surface area contributed by atoms with Gasteiger partial charge >= 0.3 is 0 Å². The summed E-state index contributed by atoms with van der Waals surface area (Å²) in [6.07, 6.45) is 0. The largest absolute Gasteiger partial charge is 0.456 e. The lowest BCUT2D eigenvalue weighted by molar-refractivity contribution is 0.669. The van der Waals surface area contributed by atoms with Crippen LogP contribution in [0, 0.1) is 17.9 Å². The Hall–Kier alpha value is -8.42. The molecule has 12 aromatic rings. The summed E-state index contributed by atoms with van der Waals surface area (Å²) >= 11 is 0. The molecule has 12 rings (SSSR count). The molecule has 9 aromatic carbocycles. The van der Waals surface area contributed by atoms with Crippen LogP contribution in [-0.2, 0) is 0 Å². The fraction of sp³-hybridized carbons (Fsp3) is 0. The van der Waals surface area contributed by atoms with Crippen LogP contribution in [-0.4, -0.2) is 17.2 Å². The maximum atomic E-state index is 10.9. The van der Waals surface area contributed by atoms with Crippen molar-refractivity contribution >= 4 is 100 Å². The van der Waals surface area contributed by atoms with Gasteiger partial charge in [0.05, 0.1) is 40.3 Å².